The fourth-order valence-corrected chi connectivity index (χ4v) is 3.31. The number of aliphatic carboxylic acids is 1. The topological polar surface area (TPSA) is 88.5 Å². The van der Waals surface area contributed by atoms with Gasteiger partial charge < -0.3 is 15.2 Å². The van der Waals surface area contributed by atoms with Crippen LogP contribution >= 0.6 is 11.3 Å². The van der Waals surface area contributed by atoms with Crippen LogP contribution in [0.15, 0.2) is 36.4 Å². The number of aromatic nitrogens is 1. The number of carboxylic acid groups (broad SMARTS) is 1. The summed E-state index contributed by atoms with van der Waals surface area (Å²) in [6.45, 7) is -0.849. The Labute approximate surface area is 164 Å². The van der Waals surface area contributed by atoms with Crippen LogP contribution in [0.3, 0.4) is 0 Å². The summed E-state index contributed by atoms with van der Waals surface area (Å²) in [5, 5.41) is 11.5. The van der Waals surface area contributed by atoms with Gasteiger partial charge in [0, 0.05) is 6.07 Å². The van der Waals surface area contributed by atoms with Crippen LogP contribution < -0.4 is 10.1 Å². The maximum atomic E-state index is 13.4. The van der Waals surface area contributed by atoms with Gasteiger partial charge in [0.25, 0.3) is 5.91 Å². The molecule has 0 saturated carbocycles. The third kappa shape index (κ3) is 4.99. The quantitative estimate of drug-likeness (QED) is 0.583. The lowest BCUT2D eigenvalue weighted by Crippen LogP contribution is -2.24. The van der Waals surface area contributed by atoms with Gasteiger partial charge in [0.2, 0.25) is 0 Å². The lowest BCUT2D eigenvalue weighted by molar-refractivity contribution is -0.139. The summed E-state index contributed by atoms with van der Waals surface area (Å²) in [5.74, 6) is -2.94. The molecule has 11 heteroatoms. The van der Waals surface area contributed by atoms with Crippen molar-refractivity contribution >= 4 is 33.4 Å². The zero-order chi connectivity index (χ0) is 21.2. The van der Waals surface area contributed by atoms with Gasteiger partial charge in [-0.2, -0.15) is 13.2 Å². The number of nitrogens with zero attached hydrogens (tertiary/aromatic N) is 1. The van der Waals surface area contributed by atoms with Crippen molar-refractivity contribution in [3.05, 3.63) is 58.3 Å². The van der Waals surface area contributed by atoms with Crippen LogP contribution in [0.1, 0.15) is 20.9 Å². The summed E-state index contributed by atoms with van der Waals surface area (Å²) in [7, 11) is 0. The molecule has 3 aromatic rings. The Bertz CT molecular complexity index is 1080. The van der Waals surface area contributed by atoms with E-state index >= 15 is 0 Å². The minimum absolute atomic E-state index is 0.0880. The molecule has 152 valence electrons. The van der Waals surface area contributed by atoms with Gasteiger partial charge in [0.1, 0.15) is 16.6 Å². The molecule has 0 saturated heterocycles. The number of ether oxygens (including phenoxy) is 1. The molecule has 0 bridgehead atoms. The zero-order valence-corrected chi connectivity index (χ0v) is 15.2. The van der Waals surface area contributed by atoms with Crippen LogP contribution in [-0.4, -0.2) is 28.6 Å². The van der Waals surface area contributed by atoms with Gasteiger partial charge in [0.05, 0.1) is 27.9 Å². The summed E-state index contributed by atoms with van der Waals surface area (Å²) < 4.78 is 57.2. The van der Waals surface area contributed by atoms with Gasteiger partial charge in [0.15, 0.2) is 6.61 Å². The van der Waals surface area contributed by atoms with Gasteiger partial charge in [-0.05, 0) is 30.3 Å². The van der Waals surface area contributed by atoms with E-state index in [1.165, 1.54) is 6.07 Å². The summed E-state index contributed by atoms with van der Waals surface area (Å²) in [6, 6.07) is 6.21. The van der Waals surface area contributed by atoms with E-state index < -0.39 is 36.0 Å². The fraction of sp³-hybridized carbons (Fsp3) is 0.167. The monoisotopic (exact) mass is 428 g/mol. The van der Waals surface area contributed by atoms with E-state index in [2.05, 4.69) is 10.3 Å². The van der Waals surface area contributed by atoms with Crippen LogP contribution in [0, 0.1) is 5.82 Å². The third-order valence-electron chi connectivity index (χ3n) is 3.70. The van der Waals surface area contributed by atoms with E-state index in [1.807, 2.05) is 0 Å². The highest BCUT2D eigenvalue weighted by Gasteiger charge is 2.30. The second-order valence-corrected chi connectivity index (χ2v) is 6.91. The summed E-state index contributed by atoms with van der Waals surface area (Å²) in [5.41, 5.74) is -0.758. The average molecular weight is 428 g/mol. The predicted molar refractivity (Wildman–Crippen MR) is 95.3 cm³/mol. The van der Waals surface area contributed by atoms with Gasteiger partial charge in [-0.1, -0.05) is 0 Å². The van der Waals surface area contributed by atoms with E-state index in [0.29, 0.717) is 9.71 Å². The fourth-order valence-electron chi connectivity index (χ4n) is 2.42. The number of carboxylic acids is 1. The molecule has 2 aromatic carbocycles. The molecule has 1 heterocycles. The van der Waals surface area contributed by atoms with Crippen molar-refractivity contribution < 1.29 is 37.0 Å². The van der Waals surface area contributed by atoms with E-state index in [9.17, 15) is 27.2 Å². The molecular weight excluding hydrogens is 416 g/mol. The van der Waals surface area contributed by atoms with Gasteiger partial charge in [-0.25, -0.2) is 14.2 Å². The molecule has 0 unspecified atom stereocenters. The minimum Gasteiger partial charge on any atom is -0.481 e. The molecule has 2 N–H and O–H groups in total. The van der Waals surface area contributed by atoms with E-state index in [1.54, 1.807) is 0 Å². The number of rotatable bonds is 6. The molecule has 6 nitrogen and oxygen atoms in total. The highest BCUT2D eigenvalue weighted by atomic mass is 32.1. The highest BCUT2D eigenvalue weighted by Crippen LogP contribution is 2.32. The number of benzene rings is 2. The molecule has 0 radical (unpaired) electrons. The van der Waals surface area contributed by atoms with Crippen LogP contribution in [-0.2, 0) is 17.5 Å². The Morgan fingerprint density at radius 2 is 1.93 bits per heavy atom. The SMILES string of the molecule is O=C(O)COc1cc(F)ccc1C(=O)NCc1nc2cc(C(F)(F)F)ccc2s1. The number of carbonyl (C=O) groups is 2. The van der Waals surface area contributed by atoms with Crippen molar-refractivity contribution in [2.45, 2.75) is 12.7 Å². The third-order valence-corrected chi connectivity index (χ3v) is 4.74. The predicted octanol–water partition coefficient (Wildman–Crippen LogP) is 3.85. The summed E-state index contributed by atoms with van der Waals surface area (Å²) in [6.07, 6.45) is -4.48. The van der Waals surface area contributed by atoms with Crippen molar-refractivity contribution in [2.24, 2.45) is 0 Å². The number of thiazole rings is 1. The molecule has 0 fully saturated rings. The molecule has 29 heavy (non-hydrogen) atoms. The molecule has 0 spiro atoms. The number of amides is 1. The first-order chi connectivity index (χ1) is 13.6. The maximum Gasteiger partial charge on any atom is 0.416 e. The Morgan fingerprint density at radius 1 is 1.17 bits per heavy atom. The van der Waals surface area contributed by atoms with Crippen molar-refractivity contribution in [3.8, 4) is 5.75 Å². The van der Waals surface area contributed by atoms with Crippen LogP contribution in [0.4, 0.5) is 17.6 Å². The number of nitrogens with one attached hydrogen (secondary N) is 1. The number of hydrogen-bond donors (Lipinski definition) is 2. The molecule has 1 amide bonds. The molecule has 0 atom stereocenters. The van der Waals surface area contributed by atoms with Gasteiger partial charge in [-0.3, -0.25) is 4.79 Å². The first kappa shape index (κ1) is 20.5. The van der Waals surface area contributed by atoms with Crippen molar-refractivity contribution in [1.82, 2.24) is 10.3 Å². The first-order valence-electron chi connectivity index (χ1n) is 8.02. The molecular formula is C18H12F4N2O4S. The number of carbonyl (C=O) groups excluding carboxylic acids is 1. The first-order valence-corrected chi connectivity index (χ1v) is 8.84. The standard InChI is InChI=1S/C18H12F4N2O4S/c19-10-2-3-11(13(6-10)28-8-16(25)26)17(27)23-7-15-24-12-5-9(18(20,21)22)1-4-14(12)29-15/h1-6H,7-8H2,(H,23,27)(H,25,26). The zero-order valence-electron chi connectivity index (χ0n) is 14.4. The summed E-state index contributed by atoms with van der Waals surface area (Å²) >= 11 is 1.11. The smallest absolute Gasteiger partial charge is 0.416 e. The summed E-state index contributed by atoms with van der Waals surface area (Å²) in [4.78, 5) is 27.1. The second kappa shape index (κ2) is 8.03. The van der Waals surface area contributed by atoms with E-state index in [-0.39, 0.29) is 23.4 Å². The Hall–Kier alpha value is -3.21. The van der Waals surface area contributed by atoms with E-state index in [0.717, 1.165) is 41.7 Å². The molecule has 3 rings (SSSR count). The molecule has 0 aliphatic heterocycles. The Kier molecular flexibility index (Phi) is 5.69. The molecule has 0 aliphatic rings. The highest BCUT2D eigenvalue weighted by molar-refractivity contribution is 7.18. The number of hydrogen-bond acceptors (Lipinski definition) is 5. The van der Waals surface area contributed by atoms with E-state index in [4.69, 9.17) is 9.84 Å². The van der Waals surface area contributed by atoms with Gasteiger partial charge >= 0.3 is 12.1 Å². The second-order valence-electron chi connectivity index (χ2n) is 5.79. The average Bonchev–Trinajstić information content (AvgIpc) is 3.06. The number of alkyl halides is 3. The number of halogens is 4. The normalized spacial score (nSPS) is 11.4. The minimum atomic E-state index is -4.48. The number of fused-ring (bicyclic) bond motifs is 1. The lowest BCUT2D eigenvalue weighted by atomic mass is 10.2. The van der Waals surface area contributed by atoms with Crippen LogP contribution in [0.2, 0.25) is 0 Å². The maximum absolute atomic E-state index is 13.4. The Morgan fingerprint density at radius 3 is 2.62 bits per heavy atom. The van der Waals surface area contributed by atoms with Gasteiger partial charge in [-0.15, -0.1) is 11.3 Å². The largest absolute Gasteiger partial charge is 0.481 e. The van der Waals surface area contributed by atoms with Crippen molar-refractivity contribution in [1.29, 1.82) is 0 Å². The van der Waals surface area contributed by atoms with Crippen LogP contribution in [0.5, 0.6) is 5.75 Å². The van der Waals surface area contributed by atoms with Crippen molar-refractivity contribution in [3.63, 3.8) is 0 Å². The lowest BCUT2D eigenvalue weighted by Gasteiger charge is -2.10. The molecule has 0 aliphatic carbocycles. The molecule has 1 aromatic heterocycles. The Balaban J connectivity index is 1.74. The van der Waals surface area contributed by atoms with Crippen LogP contribution in [0.25, 0.3) is 10.2 Å². The van der Waals surface area contributed by atoms with Crippen molar-refractivity contribution in [2.75, 3.05) is 6.61 Å².